The molecule has 0 radical (unpaired) electrons. The van der Waals surface area contributed by atoms with Crippen molar-refractivity contribution >= 4 is 25.4 Å². The fraction of sp³-hybridized carbons (Fsp3) is 0.250. The van der Waals surface area contributed by atoms with Crippen LogP contribution in [0.3, 0.4) is 0 Å². The van der Waals surface area contributed by atoms with Gasteiger partial charge in [-0.15, -0.1) is 0 Å². The van der Waals surface area contributed by atoms with Gasteiger partial charge in [0.15, 0.2) is 9.84 Å². The van der Waals surface area contributed by atoms with Gasteiger partial charge in [-0.2, -0.15) is 0 Å². The minimum absolute atomic E-state index is 0.222. The Kier molecular flexibility index (Phi) is 5.90. The molecule has 0 unspecified atom stereocenters. The quantitative estimate of drug-likeness (QED) is 0.538. The highest BCUT2D eigenvalue weighted by Crippen LogP contribution is 2.34. The van der Waals surface area contributed by atoms with E-state index in [9.17, 15) is 16.8 Å². The Bertz CT molecular complexity index is 1300. The fourth-order valence-corrected chi connectivity index (χ4v) is 6.07. The van der Waals surface area contributed by atoms with E-state index >= 15 is 0 Å². The topological polar surface area (TPSA) is 73.2 Å². The lowest BCUT2D eigenvalue weighted by Crippen LogP contribution is -2.15. The maximum absolute atomic E-state index is 13.3. The van der Waals surface area contributed by atoms with E-state index < -0.39 is 19.9 Å². The highest BCUT2D eigenvalue weighted by atomic mass is 32.2. The summed E-state index contributed by atoms with van der Waals surface area (Å²) in [4.78, 5) is 0.462. The summed E-state index contributed by atoms with van der Waals surface area (Å²) in [5.74, 6) is 0.368. The summed E-state index contributed by atoms with van der Waals surface area (Å²) in [6, 6.07) is 18.5. The SMILES string of the molecule is CS(=O)(=O)c1ccc(C(=CC2CCCC2)c2cccn2S(=O)(=O)c2ccccc2)cc1. The molecule has 1 fully saturated rings. The van der Waals surface area contributed by atoms with Gasteiger partial charge in [-0.3, -0.25) is 0 Å². The molecule has 4 rings (SSSR count). The van der Waals surface area contributed by atoms with Gasteiger partial charge in [-0.1, -0.05) is 49.2 Å². The van der Waals surface area contributed by atoms with Gasteiger partial charge in [0.25, 0.3) is 10.0 Å². The van der Waals surface area contributed by atoms with Crippen LogP contribution in [0.15, 0.2) is 88.8 Å². The molecule has 3 aromatic rings. The van der Waals surface area contributed by atoms with Crippen LogP contribution in [0.1, 0.15) is 36.9 Å². The average Bonchev–Trinajstić information content (AvgIpc) is 3.44. The van der Waals surface area contributed by atoms with Crippen LogP contribution in [0.25, 0.3) is 5.57 Å². The van der Waals surface area contributed by atoms with E-state index in [1.165, 1.54) is 10.2 Å². The van der Waals surface area contributed by atoms with Crippen molar-refractivity contribution in [2.24, 2.45) is 5.92 Å². The number of hydrogen-bond donors (Lipinski definition) is 0. The van der Waals surface area contributed by atoms with Crippen LogP contribution in [-0.4, -0.2) is 27.1 Å². The molecule has 31 heavy (non-hydrogen) atoms. The van der Waals surface area contributed by atoms with Crippen molar-refractivity contribution in [1.82, 2.24) is 3.97 Å². The van der Waals surface area contributed by atoms with Gasteiger partial charge in [-0.05, 0) is 60.7 Å². The second kappa shape index (κ2) is 8.48. The van der Waals surface area contributed by atoms with E-state index in [0.29, 0.717) is 11.6 Å². The third-order valence-corrected chi connectivity index (χ3v) is 8.52. The molecule has 0 N–H and O–H groups in total. The summed E-state index contributed by atoms with van der Waals surface area (Å²) < 4.78 is 51.7. The van der Waals surface area contributed by atoms with Crippen LogP contribution in [0.4, 0.5) is 0 Å². The van der Waals surface area contributed by atoms with Crippen molar-refractivity contribution in [3.8, 4) is 0 Å². The summed E-state index contributed by atoms with van der Waals surface area (Å²) in [5.41, 5.74) is 2.17. The first-order valence-electron chi connectivity index (χ1n) is 10.3. The van der Waals surface area contributed by atoms with Gasteiger partial charge in [0.05, 0.1) is 15.5 Å². The standard InChI is InChI=1S/C24H25NO4S2/c1-30(26,27)21-15-13-20(14-16-21)23(18-19-8-5-6-9-19)24-12-7-17-25(24)31(28,29)22-10-3-2-4-11-22/h2-4,7,10-19H,5-6,8-9H2,1H3. The van der Waals surface area contributed by atoms with Gasteiger partial charge in [0.2, 0.25) is 0 Å². The van der Waals surface area contributed by atoms with Crippen molar-refractivity contribution in [2.45, 2.75) is 35.5 Å². The lowest BCUT2D eigenvalue weighted by Gasteiger charge is -2.16. The molecule has 2 aromatic carbocycles. The normalized spacial score (nSPS) is 16.0. The first kappa shape index (κ1) is 21.6. The molecule has 1 saturated carbocycles. The number of sulfone groups is 1. The van der Waals surface area contributed by atoms with Crippen LogP contribution in [0.5, 0.6) is 0 Å². The molecule has 1 aliphatic rings. The minimum Gasteiger partial charge on any atom is -0.241 e. The molecule has 0 spiro atoms. The molecule has 0 bridgehead atoms. The number of hydrogen-bond acceptors (Lipinski definition) is 4. The Morgan fingerprint density at radius 1 is 0.839 bits per heavy atom. The molecule has 0 saturated heterocycles. The first-order valence-corrected chi connectivity index (χ1v) is 13.6. The smallest absolute Gasteiger partial charge is 0.241 e. The predicted octanol–water partition coefficient (Wildman–Crippen LogP) is 4.75. The number of rotatable bonds is 6. The van der Waals surface area contributed by atoms with E-state index in [-0.39, 0.29) is 9.79 Å². The Morgan fingerprint density at radius 3 is 2.10 bits per heavy atom. The molecular weight excluding hydrogens is 430 g/mol. The van der Waals surface area contributed by atoms with Gasteiger partial charge in [0.1, 0.15) is 0 Å². The zero-order chi connectivity index (χ0) is 22.1. The van der Waals surface area contributed by atoms with Crippen molar-refractivity contribution in [3.63, 3.8) is 0 Å². The molecule has 0 atom stereocenters. The maximum atomic E-state index is 13.3. The molecule has 0 aliphatic heterocycles. The monoisotopic (exact) mass is 455 g/mol. The number of aromatic nitrogens is 1. The Morgan fingerprint density at radius 2 is 1.48 bits per heavy atom. The highest BCUT2D eigenvalue weighted by molar-refractivity contribution is 7.90. The van der Waals surface area contributed by atoms with Crippen LogP contribution in [0.2, 0.25) is 0 Å². The maximum Gasteiger partial charge on any atom is 0.268 e. The van der Waals surface area contributed by atoms with Gasteiger partial charge in [0, 0.05) is 18.0 Å². The second-order valence-corrected chi connectivity index (χ2v) is 11.8. The van der Waals surface area contributed by atoms with Crippen molar-refractivity contribution in [1.29, 1.82) is 0 Å². The number of benzene rings is 2. The third-order valence-electron chi connectivity index (χ3n) is 5.68. The summed E-state index contributed by atoms with van der Waals surface area (Å²) in [5, 5.41) is 0. The van der Waals surface area contributed by atoms with Gasteiger partial charge < -0.3 is 0 Å². The van der Waals surface area contributed by atoms with E-state index in [0.717, 1.165) is 36.8 Å². The lowest BCUT2D eigenvalue weighted by molar-refractivity contribution is 0.587. The van der Waals surface area contributed by atoms with Gasteiger partial charge >= 0.3 is 0 Å². The van der Waals surface area contributed by atoms with Gasteiger partial charge in [-0.25, -0.2) is 20.8 Å². The lowest BCUT2D eigenvalue weighted by atomic mass is 9.96. The second-order valence-electron chi connectivity index (χ2n) is 7.93. The first-order chi connectivity index (χ1) is 14.8. The minimum atomic E-state index is -3.76. The summed E-state index contributed by atoms with van der Waals surface area (Å²) >= 11 is 0. The molecule has 1 aromatic heterocycles. The van der Waals surface area contributed by atoms with Crippen LogP contribution in [-0.2, 0) is 19.9 Å². The summed E-state index contributed by atoms with van der Waals surface area (Å²) in [7, 11) is -7.07. The Balaban J connectivity index is 1.84. The average molecular weight is 456 g/mol. The predicted molar refractivity (Wildman–Crippen MR) is 122 cm³/mol. The van der Waals surface area contributed by atoms with Crippen LogP contribution in [0, 0.1) is 5.92 Å². The Hall–Kier alpha value is -2.64. The molecule has 5 nitrogen and oxygen atoms in total. The van der Waals surface area contributed by atoms with Crippen LogP contribution < -0.4 is 0 Å². The molecule has 162 valence electrons. The van der Waals surface area contributed by atoms with E-state index in [4.69, 9.17) is 0 Å². The highest BCUT2D eigenvalue weighted by Gasteiger charge is 2.23. The zero-order valence-electron chi connectivity index (χ0n) is 17.3. The molecule has 1 heterocycles. The summed E-state index contributed by atoms with van der Waals surface area (Å²) in [6.07, 6.45) is 9.33. The molecule has 0 amide bonds. The number of allylic oxidation sites excluding steroid dienone is 1. The zero-order valence-corrected chi connectivity index (χ0v) is 18.9. The molecular formula is C24H25NO4S2. The fourth-order valence-electron chi connectivity index (χ4n) is 4.06. The third kappa shape index (κ3) is 4.52. The van der Waals surface area contributed by atoms with Crippen molar-refractivity contribution in [2.75, 3.05) is 6.26 Å². The van der Waals surface area contributed by atoms with Crippen molar-refractivity contribution < 1.29 is 16.8 Å². The van der Waals surface area contributed by atoms with Crippen molar-refractivity contribution in [3.05, 3.63) is 90.3 Å². The molecule has 7 heteroatoms. The van der Waals surface area contributed by atoms with E-state index in [2.05, 4.69) is 6.08 Å². The van der Waals surface area contributed by atoms with Crippen LogP contribution >= 0.6 is 0 Å². The van der Waals surface area contributed by atoms with E-state index in [1.807, 2.05) is 0 Å². The largest absolute Gasteiger partial charge is 0.268 e. The summed E-state index contributed by atoms with van der Waals surface area (Å²) in [6.45, 7) is 0. The van der Waals surface area contributed by atoms with E-state index in [1.54, 1.807) is 72.9 Å². The molecule has 1 aliphatic carbocycles. The number of nitrogens with zero attached hydrogens (tertiary/aromatic N) is 1. The Labute approximate surface area is 184 Å².